The van der Waals surface area contributed by atoms with Crippen molar-refractivity contribution in [2.75, 3.05) is 7.05 Å². The van der Waals surface area contributed by atoms with Gasteiger partial charge in [-0.15, -0.1) is 11.3 Å². The molecule has 0 saturated heterocycles. The Hall–Kier alpha value is -0.130. The van der Waals surface area contributed by atoms with Gasteiger partial charge in [0.2, 0.25) is 0 Å². The van der Waals surface area contributed by atoms with Gasteiger partial charge in [-0.25, -0.2) is 4.39 Å². The molecule has 0 saturated carbocycles. The molecule has 2 aromatic rings. The summed E-state index contributed by atoms with van der Waals surface area (Å²) in [6.07, 6.45) is 0. The first-order chi connectivity index (χ1) is 8.52. The number of halogens is 4. The summed E-state index contributed by atoms with van der Waals surface area (Å²) < 4.78 is 13.9. The summed E-state index contributed by atoms with van der Waals surface area (Å²) in [7, 11) is 1.83. The number of benzene rings is 1. The highest BCUT2D eigenvalue weighted by Gasteiger charge is 2.19. The van der Waals surface area contributed by atoms with Crippen LogP contribution in [0, 0.1) is 5.82 Å². The van der Waals surface area contributed by atoms with Gasteiger partial charge in [-0.05, 0) is 46.7 Å². The topological polar surface area (TPSA) is 12.0 Å². The lowest BCUT2D eigenvalue weighted by Crippen LogP contribution is -2.16. The van der Waals surface area contributed by atoms with Gasteiger partial charge in [0.15, 0.2) is 0 Å². The molecule has 0 spiro atoms. The third kappa shape index (κ3) is 2.89. The van der Waals surface area contributed by atoms with Crippen LogP contribution in [-0.4, -0.2) is 7.05 Å². The fraction of sp³-hybridized carbons (Fsp3) is 0.167. The van der Waals surface area contributed by atoms with Crippen molar-refractivity contribution in [3.8, 4) is 0 Å². The van der Waals surface area contributed by atoms with Gasteiger partial charge in [0.25, 0.3) is 0 Å². The maximum atomic E-state index is 13.1. The fourth-order valence-electron chi connectivity index (χ4n) is 1.69. The Kier molecular flexibility index (Phi) is 4.67. The molecule has 6 heteroatoms. The highest BCUT2D eigenvalue weighted by Crippen LogP contribution is 2.38. The maximum Gasteiger partial charge on any atom is 0.124 e. The zero-order valence-electron chi connectivity index (χ0n) is 9.31. The van der Waals surface area contributed by atoms with Gasteiger partial charge >= 0.3 is 0 Å². The predicted octanol–water partition coefficient (Wildman–Crippen LogP) is 5.27. The minimum atomic E-state index is -0.344. The van der Waals surface area contributed by atoms with Crippen LogP contribution in [0.15, 0.2) is 28.1 Å². The normalized spacial score (nSPS) is 12.7. The summed E-state index contributed by atoms with van der Waals surface area (Å²) in [6, 6.07) is 6.16. The molecule has 0 radical (unpaired) electrons. The Morgan fingerprint density at radius 3 is 2.50 bits per heavy atom. The van der Waals surface area contributed by atoms with Gasteiger partial charge in [0.05, 0.1) is 14.9 Å². The van der Waals surface area contributed by atoms with E-state index in [0.717, 1.165) is 14.2 Å². The van der Waals surface area contributed by atoms with Gasteiger partial charge in [-0.3, -0.25) is 0 Å². The number of hydrogen-bond donors (Lipinski definition) is 1. The van der Waals surface area contributed by atoms with Crippen LogP contribution in [0.25, 0.3) is 0 Å². The molecule has 2 rings (SSSR count). The van der Waals surface area contributed by atoms with Crippen molar-refractivity contribution in [2.45, 2.75) is 6.04 Å². The van der Waals surface area contributed by atoms with Crippen molar-refractivity contribution in [1.82, 2.24) is 5.32 Å². The molecule has 1 unspecified atom stereocenters. The molecule has 1 aromatic heterocycles. The minimum Gasteiger partial charge on any atom is -0.309 e. The predicted molar refractivity (Wildman–Crippen MR) is 79.3 cm³/mol. The van der Waals surface area contributed by atoms with Crippen molar-refractivity contribution in [2.24, 2.45) is 0 Å². The van der Waals surface area contributed by atoms with Crippen LogP contribution in [0.5, 0.6) is 0 Å². The second-order valence-corrected chi connectivity index (χ2v) is 6.87. The first-order valence-electron chi connectivity index (χ1n) is 5.10. The van der Waals surface area contributed by atoms with E-state index >= 15 is 0 Å². The lowest BCUT2D eigenvalue weighted by molar-refractivity contribution is 0.624. The van der Waals surface area contributed by atoms with Crippen LogP contribution < -0.4 is 5.32 Å². The van der Waals surface area contributed by atoms with E-state index in [0.29, 0.717) is 10.0 Å². The average molecular weight is 369 g/mol. The Morgan fingerprint density at radius 2 is 2.00 bits per heavy atom. The molecule has 0 aliphatic heterocycles. The van der Waals surface area contributed by atoms with Crippen molar-refractivity contribution >= 4 is 50.5 Å². The van der Waals surface area contributed by atoms with E-state index in [1.807, 2.05) is 13.1 Å². The maximum absolute atomic E-state index is 13.1. The van der Waals surface area contributed by atoms with Crippen molar-refractivity contribution in [3.05, 3.63) is 54.4 Å². The van der Waals surface area contributed by atoms with E-state index in [2.05, 4.69) is 21.2 Å². The molecule has 0 aliphatic carbocycles. The molecule has 1 N–H and O–H groups in total. The SMILES string of the molecule is CNC(c1cc(Cl)c(Br)s1)c1ccc(F)cc1Cl. The average Bonchev–Trinajstić information content (AvgIpc) is 2.63. The van der Waals surface area contributed by atoms with Crippen molar-refractivity contribution < 1.29 is 4.39 Å². The van der Waals surface area contributed by atoms with E-state index in [4.69, 9.17) is 23.2 Å². The van der Waals surface area contributed by atoms with E-state index in [1.165, 1.54) is 23.5 Å². The van der Waals surface area contributed by atoms with Gasteiger partial charge in [0.1, 0.15) is 5.82 Å². The number of thiophene rings is 1. The van der Waals surface area contributed by atoms with Crippen LogP contribution in [0.4, 0.5) is 4.39 Å². The Labute approximate surface area is 127 Å². The standard InChI is InChI=1S/C12H9BrCl2FNS/c1-17-11(10-5-9(15)12(13)18-10)7-3-2-6(16)4-8(7)14/h2-5,11,17H,1H3. The second kappa shape index (κ2) is 5.88. The van der Waals surface area contributed by atoms with Crippen LogP contribution in [0.1, 0.15) is 16.5 Å². The van der Waals surface area contributed by atoms with Gasteiger partial charge in [-0.1, -0.05) is 29.3 Å². The monoisotopic (exact) mass is 367 g/mol. The molecular weight excluding hydrogens is 360 g/mol. The summed E-state index contributed by atoms with van der Waals surface area (Å²) in [4.78, 5) is 1.02. The van der Waals surface area contributed by atoms with E-state index < -0.39 is 0 Å². The highest BCUT2D eigenvalue weighted by atomic mass is 79.9. The lowest BCUT2D eigenvalue weighted by Gasteiger charge is -2.16. The molecule has 18 heavy (non-hydrogen) atoms. The minimum absolute atomic E-state index is 0.105. The highest BCUT2D eigenvalue weighted by molar-refractivity contribution is 9.11. The Bertz CT molecular complexity index is 554. The van der Waals surface area contributed by atoms with E-state index in [9.17, 15) is 4.39 Å². The quantitative estimate of drug-likeness (QED) is 0.778. The third-order valence-electron chi connectivity index (χ3n) is 2.51. The zero-order valence-corrected chi connectivity index (χ0v) is 13.2. The Morgan fingerprint density at radius 1 is 1.28 bits per heavy atom. The molecule has 0 fully saturated rings. The van der Waals surface area contributed by atoms with Crippen LogP contribution in [0.3, 0.4) is 0 Å². The summed E-state index contributed by atoms with van der Waals surface area (Å²) in [5.41, 5.74) is 0.825. The summed E-state index contributed by atoms with van der Waals surface area (Å²) in [6.45, 7) is 0. The fourth-order valence-corrected chi connectivity index (χ4v) is 3.84. The molecule has 1 aromatic carbocycles. The van der Waals surface area contributed by atoms with Crippen LogP contribution in [0.2, 0.25) is 10.0 Å². The summed E-state index contributed by atoms with van der Waals surface area (Å²) in [5.74, 6) is -0.344. The van der Waals surface area contributed by atoms with Crippen LogP contribution >= 0.6 is 50.5 Å². The van der Waals surface area contributed by atoms with E-state index in [-0.39, 0.29) is 11.9 Å². The van der Waals surface area contributed by atoms with Gasteiger partial charge < -0.3 is 5.32 Å². The third-order valence-corrected chi connectivity index (χ3v) is 5.38. The molecule has 1 atom stereocenters. The number of hydrogen-bond acceptors (Lipinski definition) is 2. The molecule has 1 nitrogen and oxygen atoms in total. The molecule has 1 heterocycles. The first-order valence-corrected chi connectivity index (χ1v) is 7.46. The van der Waals surface area contributed by atoms with Crippen molar-refractivity contribution in [3.63, 3.8) is 0 Å². The van der Waals surface area contributed by atoms with Crippen molar-refractivity contribution in [1.29, 1.82) is 0 Å². The largest absolute Gasteiger partial charge is 0.309 e. The molecule has 0 amide bonds. The van der Waals surface area contributed by atoms with E-state index in [1.54, 1.807) is 6.07 Å². The molecular formula is C12H9BrCl2FNS. The summed E-state index contributed by atoms with van der Waals surface area (Å²) >= 11 is 17.0. The van der Waals surface area contributed by atoms with Crippen LogP contribution in [-0.2, 0) is 0 Å². The summed E-state index contributed by atoms with van der Waals surface area (Å²) in [5, 5.41) is 4.22. The molecule has 0 aliphatic rings. The number of nitrogens with one attached hydrogen (secondary N) is 1. The zero-order chi connectivity index (χ0) is 13.3. The number of rotatable bonds is 3. The second-order valence-electron chi connectivity index (χ2n) is 3.66. The van der Waals surface area contributed by atoms with Gasteiger partial charge in [-0.2, -0.15) is 0 Å². The lowest BCUT2D eigenvalue weighted by atomic mass is 10.1. The molecule has 0 bridgehead atoms. The molecule has 96 valence electrons. The van der Waals surface area contributed by atoms with Gasteiger partial charge in [0, 0.05) is 9.90 Å². The Balaban J connectivity index is 2.45. The first kappa shape index (κ1) is 14.3. The smallest absolute Gasteiger partial charge is 0.124 e.